The van der Waals surface area contributed by atoms with Gasteiger partial charge in [-0.3, -0.25) is 0 Å². The van der Waals surface area contributed by atoms with Crippen molar-refractivity contribution in [1.82, 2.24) is 9.62 Å². The maximum absolute atomic E-state index is 13.0. The number of nitrogens with one attached hydrogen (secondary N) is 1. The first-order chi connectivity index (χ1) is 12.3. The molecule has 1 fully saturated rings. The van der Waals surface area contributed by atoms with Crippen molar-refractivity contribution >= 4 is 21.7 Å². The number of benzene rings is 2. The number of halogens is 1. The largest absolute Gasteiger partial charge is 0.368 e. The Kier molecular flexibility index (Phi) is 5.13. The summed E-state index contributed by atoms with van der Waals surface area (Å²) >= 11 is 0. The van der Waals surface area contributed by atoms with Gasteiger partial charge in [0.25, 0.3) is 10.0 Å². The first-order valence-electron chi connectivity index (χ1n) is 8.24. The van der Waals surface area contributed by atoms with Gasteiger partial charge in [0.15, 0.2) is 0 Å². The molecule has 0 radical (unpaired) electrons. The SMILES string of the molecule is Cc1ccc(S(=O)(=O)NC(=O)N2CCN(c3ccc(F)cc3)CC2)cc1. The van der Waals surface area contributed by atoms with Crippen molar-refractivity contribution in [1.29, 1.82) is 0 Å². The first-order valence-corrected chi connectivity index (χ1v) is 9.72. The molecule has 0 spiro atoms. The highest BCUT2D eigenvalue weighted by Crippen LogP contribution is 2.17. The molecule has 1 aliphatic heterocycles. The normalized spacial score (nSPS) is 15.0. The number of rotatable bonds is 3. The zero-order valence-electron chi connectivity index (χ0n) is 14.4. The molecule has 0 atom stereocenters. The van der Waals surface area contributed by atoms with Crippen molar-refractivity contribution < 1.29 is 17.6 Å². The molecule has 1 aliphatic rings. The van der Waals surface area contributed by atoms with Gasteiger partial charge in [0.1, 0.15) is 5.82 Å². The van der Waals surface area contributed by atoms with Crippen LogP contribution in [0, 0.1) is 12.7 Å². The van der Waals surface area contributed by atoms with Crippen LogP contribution in [0.4, 0.5) is 14.9 Å². The monoisotopic (exact) mass is 377 g/mol. The van der Waals surface area contributed by atoms with Crippen molar-refractivity contribution in [3.63, 3.8) is 0 Å². The van der Waals surface area contributed by atoms with Gasteiger partial charge in [-0.15, -0.1) is 0 Å². The molecule has 0 aromatic heterocycles. The van der Waals surface area contributed by atoms with Crippen LogP contribution in [0.25, 0.3) is 0 Å². The summed E-state index contributed by atoms with van der Waals surface area (Å²) in [5.74, 6) is -0.298. The lowest BCUT2D eigenvalue weighted by Gasteiger charge is -2.35. The third-order valence-corrected chi connectivity index (χ3v) is 5.65. The number of carbonyl (C=O) groups excluding carboxylic acids is 1. The predicted molar refractivity (Wildman–Crippen MR) is 97.1 cm³/mol. The van der Waals surface area contributed by atoms with Gasteiger partial charge in [-0.05, 0) is 43.3 Å². The number of aryl methyl sites for hydroxylation is 1. The summed E-state index contributed by atoms with van der Waals surface area (Å²) in [5, 5.41) is 0. The summed E-state index contributed by atoms with van der Waals surface area (Å²) in [5.41, 5.74) is 1.81. The van der Waals surface area contributed by atoms with Crippen LogP contribution in [0.15, 0.2) is 53.4 Å². The van der Waals surface area contributed by atoms with E-state index >= 15 is 0 Å². The minimum Gasteiger partial charge on any atom is -0.368 e. The molecular formula is C18H20FN3O3S. The van der Waals surface area contributed by atoms with E-state index in [-0.39, 0.29) is 10.7 Å². The highest BCUT2D eigenvalue weighted by atomic mass is 32.2. The summed E-state index contributed by atoms with van der Waals surface area (Å²) in [6, 6.07) is 11.8. The Morgan fingerprint density at radius 1 is 0.962 bits per heavy atom. The van der Waals surface area contributed by atoms with E-state index in [1.165, 1.54) is 29.2 Å². The van der Waals surface area contributed by atoms with Gasteiger partial charge in [-0.1, -0.05) is 17.7 Å². The summed E-state index contributed by atoms with van der Waals surface area (Å²) in [7, 11) is -3.89. The minimum atomic E-state index is -3.89. The van der Waals surface area contributed by atoms with Gasteiger partial charge in [-0.2, -0.15) is 0 Å². The Balaban J connectivity index is 1.59. The lowest BCUT2D eigenvalue weighted by molar-refractivity contribution is 0.200. The Hall–Kier alpha value is -2.61. The van der Waals surface area contributed by atoms with Crippen LogP contribution in [-0.4, -0.2) is 45.5 Å². The van der Waals surface area contributed by atoms with Crippen LogP contribution in [0.2, 0.25) is 0 Å². The molecule has 26 heavy (non-hydrogen) atoms. The van der Waals surface area contributed by atoms with Crippen LogP contribution in [-0.2, 0) is 10.0 Å². The molecule has 3 rings (SSSR count). The van der Waals surface area contributed by atoms with Crippen molar-refractivity contribution in [3.8, 4) is 0 Å². The second kappa shape index (κ2) is 7.33. The van der Waals surface area contributed by atoms with Gasteiger partial charge in [0.05, 0.1) is 4.90 Å². The number of piperazine rings is 1. The van der Waals surface area contributed by atoms with Crippen LogP contribution in [0.1, 0.15) is 5.56 Å². The number of amides is 2. The molecule has 2 aromatic rings. The van der Waals surface area contributed by atoms with Crippen molar-refractivity contribution in [2.75, 3.05) is 31.1 Å². The van der Waals surface area contributed by atoms with Gasteiger partial charge in [0, 0.05) is 31.9 Å². The van der Waals surface area contributed by atoms with E-state index in [2.05, 4.69) is 4.72 Å². The highest BCUT2D eigenvalue weighted by molar-refractivity contribution is 7.90. The molecule has 2 amide bonds. The molecule has 0 aliphatic carbocycles. The lowest BCUT2D eigenvalue weighted by atomic mass is 10.2. The summed E-state index contributed by atoms with van der Waals surface area (Å²) < 4.78 is 39.7. The number of sulfonamides is 1. The fourth-order valence-electron chi connectivity index (χ4n) is 2.78. The number of anilines is 1. The first kappa shape index (κ1) is 18.2. The molecule has 0 saturated carbocycles. The zero-order valence-corrected chi connectivity index (χ0v) is 15.2. The lowest BCUT2D eigenvalue weighted by Crippen LogP contribution is -2.52. The van der Waals surface area contributed by atoms with E-state index in [1.54, 1.807) is 24.3 Å². The summed E-state index contributed by atoms with van der Waals surface area (Å²) in [6.45, 7) is 3.71. The van der Waals surface area contributed by atoms with Crippen molar-refractivity contribution in [2.24, 2.45) is 0 Å². The fourth-order valence-corrected chi connectivity index (χ4v) is 3.75. The van der Waals surface area contributed by atoms with E-state index in [4.69, 9.17) is 0 Å². The molecular weight excluding hydrogens is 357 g/mol. The number of urea groups is 1. The summed E-state index contributed by atoms with van der Waals surface area (Å²) in [4.78, 5) is 15.9. The Morgan fingerprint density at radius 2 is 1.54 bits per heavy atom. The van der Waals surface area contributed by atoms with Gasteiger partial charge < -0.3 is 9.80 Å². The molecule has 1 heterocycles. The van der Waals surface area contributed by atoms with E-state index < -0.39 is 16.1 Å². The maximum Gasteiger partial charge on any atom is 0.331 e. The third kappa shape index (κ3) is 4.13. The van der Waals surface area contributed by atoms with Crippen molar-refractivity contribution in [3.05, 3.63) is 59.9 Å². The fraction of sp³-hybridized carbons (Fsp3) is 0.278. The molecule has 6 nitrogen and oxygen atoms in total. The molecule has 0 unspecified atom stereocenters. The van der Waals surface area contributed by atoms with E-state index in [1.807, 2.05) is 11.8 Å². The minimum absolute atomic E-state index is 0.0569. The van der Waals surface area contributed by atoms with Crippen LogP contribution in [0.5, 0.6) is 0 Å². The third-order valence-electron chi connectivity index (χ3n) is 4.31. The van der Waals surface area contributed by atoms with E-state index in [0.29, 0.717) is 26.2 Å². The number of hydrogen-bond acceptors (Lipinski definition) is 4. The van der Waals surface area contributed by atoms with E-state index in [9.17, 15) is 17.6 Å². The molecule has 138 valence electrons. The Morgan fingerprint density at radius 3 is 2.12 bits per heavy atom. The number of nitrogens with zero attached hydrogens (tertiary/aromatic N) is 2. The topological polar surface area (TPSA) is 69.7 Å². The summed E-state index contributed by atoms with van der Waals surface area (Å²) in [6.07, 6.45) is 0. The maximum atomic E-state index is 13.0. The standard InChI is InChI=1S/C18H20FN3O3S/c1-14-2-8-17(9-3-14)26(24,25)20-18(23)22-12-10-21(11-13-22)16-6-4-15(19)5-7-16/h2-9H,10-13H2,1H3,(H,20,23). The van der Waals surface area contributed by atoms with Crippen molar-refractivity contribution in [2.45, 2.75) is 11.8 Å². The smallest absolute Gasteiger partial charge is 0.331 e. The molecule has 8 heteroatoms. The van der Waals surface area contributed by atoms with Crippen LogP contribution < -0.4 is 9.62 Å². The molecule has 1 saturated heterocycles. The van der Waals surface area contributed by atoms with Gasteiger partial charge in [-0.25, -0.2) is 22.3 Å². The molecule has 2 aromatic carbocycles. The van der Waals surface area contributed by atoms with E-state index in [0.717, 1.165) is 11.3 Å². The Bertz CT molecular complexity index is 875. The van der Waals surface area contributed by atoms with Gasteiger partial charge >= 0.3 is 6.03 Å². The van der Waals surface area contributed by atoms with Crippen LogP contribution >= 0.6 is 0 Å². The predicted octanol–water partition coefficient (Wildman–Crippen LogP) is 2.35. The second-order valence-electron chi connectivity index (χ2n) is 6.17. The second-order valence-corrected chi connectivity index (χ2v) is 7.86. The molecule has 0 bridgehead atoms. The quantitative estimate of drug-likeness (QED) is 0.892. The van der Waals surface area contributed by atoms with Crippen LogP contribution in [0.3, 0.4) is 0 Å². The average Bonchev–Trinajstić information content (AvgIpc) is 2.62. The number of hydrogen-bond donors (Lipinski definition) is 1. The average molecular weight is 377 g/mol. The molecule has 1 N–H and O–H groups in total. The number of carbonyl (C=O) groups is 1. The zero-order chi connectivity index (χ0) is 18.7. The Labute approximate surface area is 152 Å². The van der Waals surface area contributed by atoms with Gasteiger partial charge in [0.2, 0.25) is 0 Å². The highest BCUT2D eigenvalue weighted by Gasteiger charge is 2.25.